The van der Waals surface area contributed by atoms with Gasteiger partial charge in [0.1, 0.15) is 53.8 Å². The Bertz CT molecular complexity index is 1840. The number of benzene rings is 2. The second-order valence-corrected chi connectivity index (χ2v) is 11.9. The first-order chi connectivity index (χ1) is 23.8. The summed E-state index contributed by atoms with van der Waals surface area (Å²) >= 11 is 7.21. The number of anilines is 1. The molecule has 0 saturated heterocycles. The molecule has 19 heteroatoms. The Balaban J connectivity index is 0.00000676. The molecule has 1 atom stereocenters. The Kier molecular flexibility index (Phi) is 23.3. The quantitative estimate of drug-likeness (QED) is 0.0745. The van der Waals surface area contributed by atoms with E-state index in [0.29, 0.717) is 70.2 Å². The molecule has 286 valence electrons. The monoisotopic (exact) mass is 847 g/mol. The third-order valence-corrected chi connectivity index (χ3v) is 8.15. The number of hydrogen-bond acceptors (Lipinski definition) is 14. The van der Waals surface area contributed by atoms with E-state index < -0.39 is 18.0 Å². The summed E-state index contributed by atoms with van der Waals surface area (Å²) in [5.41, 5.74) is 19.6. The van der Waals surface area contributed by atoms with Crippen LogP contribution in [-0.2, 0) is 24.8 Å². The molecule has 53 heavy (non-hydrogen) atoms. The number of nitrogens with zero attached hydrogens (tertiary/aromatic N) is 4. The van der Waals surface area contributed by atoms with Crippen LogP contribution in [-0.4, -0.2) is 54.3 Å². The highest BCUT2D eigenvalue weighted by Gasteiger charge is 2.22. The molecule has 0 aliphatic heterocycles. The van der Waals surface area contributed by atoms with Gasteiger partial charge in [-0.25, -0.2) is 9.97 Å². The third kappa shape index (κ3) is 14.4. The van der Waals surface area contributed by atoms with Crippen LogP contribution in [0.2, 0.25) is 5.02 Å². The standard InChI is InChI=1S/C34H34ClN7O6S.4ClH/c35-23-9-5-22(6-10-23)33-41-24(17-47-33)20-49-34-28(16-39)31(27(15-38)32(40)42-34)21-7-11-25(12-8-21)45-18-26(48-30(44)4-2-14-37)19-46-29(43)3-1-13-36;;;;/h5-12,17,26H,1-4,13-14,18-20,36-37H2,(H2,40,42);4*1H/t26-;;;;/m0..../s1. The first-order valence-electron chi connectivity index (χ1n) is 15.2. The lowest BCUT2D eigenvalue weighted by atomic mass is 9.97. The number of rotatable bonds is 17. The molecule has 2 aromatic heterocycles. The van der Waals surface area contributed by atoms with Crippen molar-refractivity contribution in [3.8, 4) is 40.5 Å². The van der Waals surface area contributed by atoms with Crippen molar-refractivity contribution in [2.24, 2.45) is 11.5 Å². The normalized spacial score (nSPS) is 10.4. The largest absolute Gasteiger partial charge is 0.490 e. The molecule has 0 bridgehead atoms. The molecule has 0 aliphatic carbocycles. The SMILES string of the molecule is Cl.Cl.Cl.Cl.N#Cc1c(N)nc(SCc2coc(-c3ccc(Cl)cc3)n2)c(C#N)c1-c1ccc(OC[C@@H](COC(=O)CCCN)OC(=O)CCCN)cc1. The Labute approximate surface area is 340 Å². The van der Waals surface area contributed by atoms with Crippen LogP contribution >= 0.6 is 73.0 Å². The first-order valence-corrected chi connectivity index (χ1v) is 16.6. The van der Waals surface area contributed by atoms with Crippen molar-refractivity contribution in [3.05, 3.63) is 76.6 Å². The van der Waals surface area contributed by atoms with E-state index in [2.05, 4.69) is 22.1 Å². The van der Waals surface area contributed by atoms with Crippen LogP contribution in [0.4, 0.5) is 5.82 Å². The highest BCUT2D eigenvalue weighted by molar-refractivity contribution is 7.98. The second-order valence-electron chi connectivity index (χ2n) is 10.5. The topological polar surface area (TPSA) is 226 Å². The molecule has 0 amide bonds. The number of carbonyl (C=O) groups is 2. The molecule has 4 rings (SSSR count). The molecule has 0 unspecified atom stereocenters. The highest BCUT2D eigenvalue weighted by atomic mass is 35.5. The average Bonchev–Trinajstić information content (AvgIpc) is 3.59. The summed E-state index contributed by atoms with van der Waals surface area (Å²) in [7, 11) is 0. The van der Waals surface area contributed by atoms with Gasteiger partial charge in [0.15, 0.2) is 6.10 Å². The van der Waals surface area contributed by atoms with Crippen LogP contribution in [0.3, 0.4) is 0 Å². The summed E-state index contributed by atoms with van der Waals surface area (Å²) in [5.74, 6) is 0.158. The van der Waals surface area contributed by atoms with Crippen molar-refractivity contribution in [1.82, 2.24) is 9.97 Å². The lowest BCUT2D eigenvalue weighted by Gasteiger charge is -2.19. The minimum atomic E-state index is -0.867. The Hall–Kier alpha value is -3.96. The predicted octanol–water partition coefficient (Wildman–Crippen LogP) is 6.67. The van der Waals surface area contributed by atoms with Crippen LogP contribution in [0.25, 0.3) is 22.6 Å². The van der Waals surface area contributed by atoms with Gasteiger partial charge in [-0.2, -0.15) is 10.5 Å². The van der Waals surface area contributed by atoms with Gasteiger partial charge in [0.05, 0.1) is 11.3 Å². The van der Waals surface area contributed by atoms with E-state index in [1.807, 2.05) is 0 Å². The van der Waals surface area contributed by atoms with E-state index in [-0.39, 0.29) is 92.6 Å². The number of oxazole rings is 1. The molecule has 6 N–H and O–H groups in total. The smallest absolute Gasteiger partial charge is 0.306 e. The molecular weight excluding hydrogens is 812 g/mol. The van der Waals surface area contributed by atoms with Crippen LogP contribution in [0.5, 0.6) is 5.75 Å². The average molecular weight is 850 g/mol. The van der Waals surface area contributed by atoms with Crippen LogP contribution in [0.1, 0.15) is 42.5 Å². The zero-order valence-electron chi connectivity index (χ0n) is 28.0. The maximum atomic E-state index is 12.2. The highest BCUT2D eigenvalue weighted by Crippen LogP contribution is 2.37. The number of carbonyl (C=O) groups excluding carboxylic acids is 2. The molecular formula is C34H38Cl5N7O6S. The van der Waals surface area contributed by atoms with Crippen molar-refractivity contribution >= 4 is 90.7 Å². The lowest BCUT2D eigenvalue weighted by Crippen LogP contribution is -2.31. The molecule has 0 fully saturated rings. The molecule has 2 heterocycles. The summed E-state index contributed by atoms with van der Waals surface area (Å²) in [5, 5.41) is 21.1. The number of pyridine rings is 1. The van der Waals surface area contributed by atoms with E-state index in [0.717, 1.165) is 5.56 Å². The Morgan fingerprint density at radius 2 is 1.45 bits per heavy atom. The van der Waals surface area contributed by atoms with Crippen LogP contribution in [0.15, 0.2) is 64.2 Å². The molecule has 2 aromatic carbocycles. The summed E-state index contributed by atoms with van der Waals surface area (Å²) in [6.07, 6.45) is 1.84. The van der Waals surface area contributed by atoms with Crippen molar-refractivity contribution in [2.75, 3.05) is 32.0 Å². The van der Waals surface area contributed by atoms with Crippen molar-refractivity contribution in [3.63, 3.8) is 0 Å². The zero-order valence-corrected chi connectivity index (χ0v) is 32.9. The van der Waals surface area contributed by atoms with Gasteiger partial charge in [0.2, 0.25) is 5.89 Å². The van der Waals surface area contributed by atoms with Crippen LogP contribution in [0, 0.1) is 22.7 Å². The van der Waals surface area contributed by atoms with Gasteiger partial charge >= 0.3 is 11.9 Å². The number of esters is 2. The molecule has 0 radical (unpaired) electrons. The second kappa shape index (κ2) is 25.1. The van der Waals surface area contributed by atoms with Gasteiger partial charge in [-0.05, 0) is 67.9 Å². The molecule has 0 saturated carbocycles. The zero-order chi connectivity index (χ0) is 35.2. The first kappa shape index (κ1) is 49.0. The number of aromatic nitrogens is 2. The minimum absolute atomic E-state index is 0. The Morgan fingerprint density at radius 3 is 2.06 bits per heavy atom. The summed E-state index contributed by atoms with van der Waals surface area (Å²) < 4.78 is 22.2. The van der Waals surface area contributed by atoms with Crippen molar-refractivity contribution in [1.29, 1.82) is 10.5 Å². The van der Waals surface area contributed by atoms with Gasteiger partial charge in [-0.15, -0.1) is 49.6 Å². The molecule has 0 spiro atoms. The fourth-order valence-electron chi connectivity index (χ4n) is 4.45. The minimum Gasteiger partial charge on any atom is -0.490 e. The Morgan fingerprint density at radius 1 is 0.849 bits per heavy atom. The van der Waals surface area contributed by atoms with Crippen molar-refractivity contribution in [2.45, 2.75) is 42.6 Å². The number of thioether (sulfide) groups is 1. The van der Waals surface area contributed by atoms with E-state index >= 15 is 0 Å². The number of halogens is 5. The van der Waals surface area contributed by atoms with Crippen molar-refractivity contribution < 1.29 is 28.2 Å². The molecule has 0 aliphatic rings. The van der Waals surface area contributed by atoms with Gasteiger partial charge in [-0.3, -0.25) is 9.59 Å². The summed E-state index contributed by atoms with van der Waals surface area (Å²) in [6.45, 7) is 0.379. The van der Waals surface area contributed by atoms with E-state index in [4.69, 9.17) is 47.4 Å². The predicted molar refractivity (Wildman–Crippen MR) is 212 cm³/mol. The van der Waals surface area contributed by atoms with Gasteiger partial charge in [0.25, 0.3) is 0 Å². The lowest BCUT2D eigenvalue weighted by molar-refractivity contribution is -0.161. The fourth-order valence-corrected chi connectivity index (χ4v) is 5.45. The molecule has 4 aromatic rings. The number of hydrogen-bond donors (Lipinski definition) is 3. The summed E-state index contributed by atoms with van der Waals surface area (Å²) in [4.78, 5) is 33.1. The maximum absolute atomic E-state index is 12.2. The third-order valence-electron chi connectivity index (χ3n) is 6.89. The number of nitrogens with two attached hydrogens (primary N) is 3. The van der Waals surface area contributed by atoms with Gasteiger partial charge < -0.3 is 35.8 Å². The fraction of sp³-hybridized carbons (Fsp3) is 0.294. The number of nitriles is 2. The van der Waals surface area contributed by atoms with E-state index in [1.54, 1.807) is 48.5 Å². The number of nitrogen functional groups attached to an aromatic ring is 1. The van der Waals surface area contributed by atoms with Gasteiger partial charge in [0, 0.05) is 34.7 Å². The molecule has 13 nitrogen and oxygen atoms in total. The van der Waals surface area contributed by atoms with E-state index in [9.17, 15) is 20.1 Å². The van der Waals surface area contributed by atoms with E-state index in [1.165, 1.54) is 18.0 Å². The maximum Gasteiger partial charge on any atom is 0.306 e. The van der Waals surface area contributed by atoms with Gasteiger partial charge in [-0.1, -0.05) is 35.5 Å². The van der Waals surface area contributed by atoms with Crippen LogP contribution < -0.4 is 21.9 Å². The summed E-state index contributed by atoms with van der Waals surface area (Å²) in [6, 6.07) is 17.9. The number of ether oxygens (including phenoxy) is 3.